The van der Waals surface area contributed by atoms with Crippen LogP contribution in [0.25, 0.3) is 21.8 Å². The standard InChI is InChI=1S/C12H7IN2.C2H6/c13-10-7-8-3-1-5-14-11(8)12-9(10)4-2-6-15-12;1-2/h1-7H;1-2H3. The molecule has 2 aromatic heterocycles. The topological polar surface area (TPSA) is 25.8 Å². The molecule has 0 aliphatic carbocycles. The van der Waals surface area contributed by atoms with Crippen molar-refractivity contribution in [3.05, 3.63) is 46.3 Å². The molecule has 17 heavy (non-hydrogen) atoms. The maximum atomic E-state index is 4.40. The van der Waals surface area contributed by atoms with E-state index in [1.807, 2.05) is 38.4 Å². The maximum absolute atomic E-state index is 4.40. The van der Waals surface area contributed by atoms with E-state index in [1.54, 1.807) is 0 Å². The van der Waals surface area contributed by atoms with Crippen molar-refractivity contribution < 1.29 is 0 Å². The van der Waals surface area contributed by atoms with Gasteiger partial charge in [-0.05, 0) is 40.8 Å². The first-order valence-electron chi connectivity index (χ1n) is 5.64. The zero-order valence-electron chi connectivity index (χ0n) is 9.81. The van der Waals surface area contributed by atoms with Crippen molar-refractivity contribution in [2.45, 2.75) is 13.8 Å². The smallest absolute Gasteiger partial charge is 0.0975 e. The SMILES string of the molecule is CC.Ic1cc2cccnc2c2ncccc12. The Hall–Kier alpha value is -1.23. The average Bonchev–Trinajstić information content (AvgIpc) is 2.42. The van der Waals surface area contributed by atoms with Gasteiger partial charge in [-0.1, -0.05) is 26.0 Å². The fourth-order valence-corrected chi connectivity index (χ4v) is 2.50. The number of fused-ring (bicyclic) bond motifs is 3. The molecule has 86 valence electrons. The molecule has 3 aromatic rings. The second kappa shape index (κ2) is 5.40. The molecule has 0 aliphatic rings. The molecule has 0 atom stereocenters. The van der Waals surface area contributed by atoms with E-state index in [1.165, 1.54) is 8.96 Å². The zero-order valence-corrected chi connectivity index (χ0v) is 12.0. The quantitative estimate of drug-likeness (QED) is 0.449. The van der Waals surface area contributed by atoms with Crippen molar-refractivity contribution in [2.75, 3.05) is 0 Å². The minimum Gasteiger partial charge on any atom is -0.254 e. The molecule has 3 heteroatoms. The van der Waals surface area contributed by atoms with E-state index >= 15 is 0 Å². The summed E-state index contributed by atoms with van der Waals surface area (Å²) in [5.74, 6) is 0. The van der Waals surface area contributed by atoms with Crippen LogP contribution in [-0.2, 0) is 0 Å². The predicted octanol–water partition coefficient (Wildman–Crippen LogP) is 4.41. The van der Waals surface area contributed by atoms with Crippen LogP contribution in [0.1, 0.15) is 13.8 Å². The molecule has 0 saturated carbocycles. The van der Waals surface area contributed by atoms with Gasteiger partial charge in [0.05, 0.1) is 11.0 Å². The van der Waals surface area contributed by atoms with Crippen molar-refractivity contribution in [2.24, 2.45) is 0 Å². The lowest BCUT2D eigenvalue weighted by Gasteiger charge is -2.03. The number of benzene rings is 1. The Morgan fingerprint density at radius 1 is 0.941 bits per heavy atom. The molecule has 2 heterocycles. The van der Waals surface area contributed by atoms with E-state index in [-0.39, 0.29) is 0 Å². The number of nitrogens with zero attached hydrogens (tertiary/aromatic N) is 2. The van der Waals surface area contributed by atoms with Crippen LogP contribution in [0.5, 0.6) is 0 Å². The minimum absolute atomic E-state index is 0.980. The van der Waals surface area contributed by atoms with Gasteiger partial charge < -0.3 is 0 Å². The van der Waals surface area contributed by atoms with Gasteiger partial charge in [-0.3, -0.25) is 9.97 Å². The molecule has 0 radical (unpaired) electrons. The molecular formula is C14H13IN2. The van der Waals surface area contributed by atoms with Gasteiger partial charge in [-0.25, -0.2) is 0 Å². The van der Waals surface area contributed by atoms with Gasteiger partial charge in [0.15, 0.2) is 0 Å². The van der Waals surface area contributed by atoms with Gasteiger partial charge in [0.25, 0.3) is 0 Å². The Kier molecular flexibility index (Phi) is 3.89. The highest BCUT2D eigenvalue weighted by Crippen LogP contribution is 2.26. The van der Waals surface area contributed by atoms with Gasteiger partial charge in [0.2, 0.25) is 0 Å². The molecule has 0 bridgehead atoms. The van der Waals surface area contributed by atoms with Gasteiger partial charge >= 0.3 is 0 Å². The van der Waals surface area contributed by atoms with Crippen LogP contribution in [0.15, 0.2) is 42.7 Å². The van der Waals surface area contributed by atoms with E-state index in [2.05, 4.69) is 50.8 Å². The van der Waals surface area contributed by atoms with Crippen molar-refractivity contribution in [3.63, 3.8) is 0 Å². The lowest BCUT2D eigenvalue weighted by molar-refractivity contribution is 1.37. The number of hydrogen-bond donors (Lipinski definition) is 0. The zero-order chi connectivity index (χ0) is 12.3. The highest BCUT2D eigenvalue weighted by atomic mass is 127. The first-order valence-corrected chi connectivity index (χ1v) is 6.72. The summed E-state index contributed by atoms with van der Waals surface area (Å²) in [6.45, 7) is 4.00. The largest absolute Gasteiger partial charge is 0.254 e. The van der Waals surface area contributed by atoms with Crippen LogP contribution < -0.4 is 0 Å². The molecule has 2 nitrogen and oxygen atoms in total. The number of rotatable bonds is 0. The van der Waals surface area contributed by atoms with Gasteiger partial charge in [0, 0.05) is 26.7 Å². The Labute approximate surface area is 114 Å². The lowest BCUT2D eigenvalue weighted by Crippen LogP contribution is -1.86. The Balaban J connectivity index is 0.000000514. The summed E-state index contributed by atoms with van der Waals surface area (Å²) in [6.07, 6.45) is 3.62. The number of pyridine rings is 2. The summed E-state index contributed by atoms with van der Waals surface area (Å²) in [4.78, 5) is 8.79. The molecule has 0 amide bonds. The predicted molar refractivity (Wildman–Crippen MR) is 81.1 cm³/mol. The molecule has 0 aliphatic heterocycles. The lowest BCUT2D eigenvalue weighted by atomic mass is 10.1. The third-order valence-corrected chi connectivity index (χ3v) is 3.30. The third-order valence-electron chi connectivity index (χ3n) is 2.41. The summed E-state index contributed by atoms with van der Waals surface area (Å²) in [7, 11) is 0. The van der Waals surface area contributed by atoms with Crippen LogP contribution in [0.4, 0.5) is 0 Å². The third kappa shape index (κ3) is 2.24. The average molecular weight is 336 g/mol. The Morgan fingerprint density at radius 3 is 2.35 bits per heavy atom. The second-order valence-electron chi connectivity index (χ2n) is 3.33. The number of halogens is 1. The fourth-order valence-electron chi connectivity index (χ4n) is 1.73. The fraction of sp³-hybridized carbons (Fsp3) is 0.143. The molecular weight excluding hydrogens is 323 g/mol. The maximum Gasteiger partial charge on any atom is 0.0975 e. The van der Waals surface area contributed by atoms with Gasteiger partial charge in [-0.2, -0.15) is 0 Å². The summed E-state index contributed by atoms with van der Waals surface area (Å²) in [6, 6.07) is 10.2. The van der Waals surface area contributed by atoms with Gasteiger partial charge in [0.1, 0.15) is 0 Å². The number of aromatic nitrogens is 2. The van der Waals surface area contributed by atoms with Crippen molar-refractivity contribution in [1.82, 2.24) is 9.97 Å². The highest BCUT2D eigenvalue weighted by Gasteiger charge is 2.05. The number of hydrogen-bond acceptors (Lipinski definition) is 2. The molecule has 0 unspecified atom stereocenters. The monoisotopic (exact) mass is 336 g/mol. The van der Waals surface area contributed by atoms with Crippen LogP contribution in [0, 0.1) is 3.57 Å². The van der Waals surface area contributed by atoms with Crippen molar-refractivity contribution >= 4 is 44.4 Å². The molecule has 0 fully saturated rings. The molecule has 0 spiro atoms. The molecule has 0 N–H and O–H groups in total. The summed E-state index contributed by atoms with van der Waals surface area (Å²) in [5.41, 5.74) is 1.97. The van der Waals surface area contributed by atoms with Crippen LogP contribution >= 0.6 is 22.6 Å². The Bertz CT molecular complexity index is 650. The summed E-state index contributed by atoms with van der Waals surface area (Å²) in [5, 5.41) is 2.32. The van der Waals surface area contributed by atoms with E-state index in [9.17, 15) is 0 Å². The van der Waals surface area contributed by atoms with Crippen LogP contribution in [0.3, 0.4) is 0 Å². The van der Waals surface area contributed by atoms with Gasteiger partial charge in [-0.15, -0.1) is 0 Å². The molecule has 0 saturated heterocycles. The van der Waals surface area contributed by atoms with Crippen LogP contribution in [0.2, 0.25) is 0 Å². The first-order chi connectivity index (χ1) is 8.36. The highest BCUT2D eigenvalue weighted by molar-refractivity contribution is 14.1. The van der Waals surface area contributed by atoms with E-state index < -0.39 is 0 Å². The molecule has 1 aromatic carbocycles. The Morgan fingerprint density at radius 2 is 1.59 bits per heavy atom. The first kappa shape index (κ1) is 12.2. The summed E-state index contributed by atoms with van der Waals surface area (Å²) < 4.78 is 1.22. The second-order valence-corrected chi connectivity index (χ2v) is 4.50. The summed E-state index contributed by atoms with van der Waals surface area (Å²) >= 11 is 2.34. The van der Waals surface area contributed by atoms with E-state index in [4.69, 9.17) is 0 Å². The van der Waals surface area contributed by atoms with Crippen LogP contribution in [-0.4, -0.2) is 9.97 Å². The van der Waals surface area contributed by atoms with E-state index in [0.717, 1.165) is 16.4 Å². The van der Waals surface area contributed by atoms with Crippen molar-refractivity contribution in [1.29, 1.82) is 0 Å². The normalized spacial score (nSPS) is 10.1. The minimum atomic E-state index is 0.980. The molecule has 3 rings (SSSR count). The van der Waals surface area contributed by atoms with Crippen molar-refractivity contribution in [3.8, 4) is 0 Å². The van der Waals surface area contributed by atoms with E-state index in [0.29, 0.717) is 0 Å².